The Labute approximate surface area is 239 Å². The van der Waals surface area contributed by atoms with E-state index in [1.807, 2.05) is 11.0 Å². The number of carbonyl (C=O) groups excluding carboxylic acids is 2. The average molecular weight is 572 g/mol. The van der Waals surface area contributed by atoms with Crippen LogP contribution in [0.15, 0.2) is 47.6 Å². The maximum atomic E-state index is 15.8. The third kappa shape index (κ3) is 4.21. The Hall–Kier alpha value is -4.71. The van der Waals surface area contributed by atoms with E-state index in [-0.39, 0.29) is 30.3 Å². The number of nitrogens with one attached hydrogen (secondary N) is 1. The molecule has 2 amide bonds. The summed E-state index contributed by atoms with van der Waals surface area (Å²) in [6, 6.07) is 8.20. The molecule has 214 valence electrons. The largest absolute Gasteiger partial charge is 0.377 e. The molecule has 0 atom stereocenters. The van der Waals surface area contributed by atoms with Gasteiger partial charge in [-0.05, 0) is 73.4 Å². The Balaban J connectivity index is 1.34. The number of nitrogens with two attached hydrogens (primary N) is 1. The van der Waals surface area contributed by atoms with E-state index < -0.39 is 28.9 Å². The van der Waals surface area contributed by atoms with Gasteiger partial charge in [-0.1, -0.05) is 0 Å². The zero-order valence-corrected chi connectivity index (χ0v) is 22.7. The molecule has 4 heterocycles. The van der Waals surface area contributed by atoms with Crippen molar-refractivity contribution in [1.82, 2.24) is 9.97 Å². The molecule has 2 aromatic carbocycles. The summed E-state index contributed by atoms with van der Waals surface area (Å²) in [4.78, 5) is 43.3. The Morgan fingerprint density at radius 1 is 1.17 bits per heavy atom. The molecule has 3 aliphatic heterocycles. The first-order chi connectivity index (χ1) is 20.2. The van der Waals surface area contributed by atoms with Gasteiger partial charge in [-0.3, -0.25) is 19.5 Å². The van der Waals surface area contributed by atoms with Gasteiger partial charge >= 0.3 is 0 Å². The number of rotatable bonds is 7. The van der Waals surface area contributed by atoms with E-state index in [0.717, 1.165) is 16.0 Å². The van der Waals surface area contributed by atoms with E-state index in [0.29, 0.717) is 55.0 Å². The van der Waals surface area contributed by atoms with Gasteiger partial charge in [0.1, 0.15) is 28.7 Å². The van der Waals surface area contributed by atoms with Crippen molar-refractivity contribution in [3.8, 4) is 0 Å². The number of amides is 2. The van der Waals surface area contributed by atoms with Crippen LogP contribution in [0, 0.1) is 24.0 Å². The number of carbonyl (C=O) groups is 2. The van der Waals surface area contributed by atoms with Crippen molar-refractivity contribution in [2.45, 2.75) is 25.8 Å². The van der Waals surface area contributed by atoms with E-state index >= 15 is 4.39 Å². The van der Waals surface area contributed by atoms with Crippen molar-refractivity contribution in [2.75, 3.05) is 41.4 Å². The lowest BCUT2D eigenvalue weighted by Gasteiger charge is -2.31. The molecule has 3 N–H and O–H groups in total. The van der Waals surface area contributed by atoms with Gasteiger partial charge in [-0.25, -0.2) is 13.8 Å². The Morgan fingerprint density at radius 3 is 2.60 bits per heavy atom. The van der Waals surface area contributed by atoms with E-state index in [9.17, 15) is 14.0 Å². The summed E-state index contributed by atoms with van der Waals surface area (Å²) >= 11 is 0. The minimum absolute atomic E-state index is 0.0740. The molecule has 0 bridgehead atoms. The minimum atomic E-state index is -1.43. The van der Waals surface area contributed by atoms with Crippen LogP contribution in [0.4, 0.5) is 31.9 Å². The molecule has 3 aromatic rings. The van der Waals surface area contributed by atoms with Gasteiger partial charge in [0.2, 0.25) is 17.8 Å². The number of nitrogens with zero attached hydrogens (tertiary/aromatic N) is 5. The SMILES string of the molecule is Cc1cc(F)c(N(C(=O)C2(C(N)=O)CC2)c2ccc(F)cc2)cc1C1=Cc2cnc(NC3COC3)nc2N2CCN=C12. The van der Waals surface area contributed by atoms with Crippen LogP contribution in [0.2, 0.25) is 0 Å². The van der Waals surface area contributed by atoms with Gasteiger partial charge in [0.15, 0.2) is 0 Å². The van der Waals surface area contributed by atoms with Gasteiger partial charge < -0.3 is 20.7 Å². The second kappa shape index (κ2) is 9.69. The van der Waals surface area contributed by atoms with Gasteiger partial charge in [-0.2, -0.15) is 4.98 Å². The van der Waals surface area contributed by atoms with Crippen LogP contribution in [0.5, 0.6) is 0 Å². The number of primary amides is 1. The molecule has 0 unspecified atom stereocenters. The molecule has 2 fully saturated rings. The molecular formula is C30H27F2N7O3. The van der Waals surface area contributed by atoms with Crippen molar-refractivity contribution in [2.24, 2.45) is 16.1 Å². The fraction of sp³-hybridized carbons (Fsp3) is 0.300. The monoisotopic (exact) mass is 571 g/mol. The van der Waals surface area contributed by atoms with Crippen LogP contribution in [0.3, 0.4) is 0 Å². The van der Waals surface area contributed by atoms with Crippen molar-refractivity contribution in [3.05, 3.63) is 70.9 Å². The van der Waals surface area contributed by atoms with Crippen LogP contribution < -0.4 is 20.9 Å². The number of amidine groups is 1. The zero-order chi connectivity index (χ0) is 29.2. The number of ether oxygens (including phenoxy) is 1. The third-order valence-electron chi connectivity index (χ3n) is 8.15. The molecular weight excluding hydrogens is 544 g/mol. The molecule has 1 aliphatic carbocycles. The number of anilines is 4. The van der Waals surface area contributed by atoms with Crippen LogP contribution in [0.1, 0.15) is 29.5 Å². The number of aliphatic imine (C=N–C) groups is 1. The fourth-order valence-corrected chi connectivity index (χ4v) is 5.56. The molecule has 0 spiro atoms. The standard InChI is InChI=1S/C30H27F2N7O3/c1-16-10-23(32)24(39(20-4-2-18(31)3-5-20)28(41)30(6-7-30)27(33)40)12-21(16)22-11-17-13-35-29(36-19-14-42-15-19)37-25(17)38-9-8-34-26(22)38/h2-5,10-13,19H,6-9,14-15H2,1H3,(H2,33,40)(H,35,36,37). The molecule has 12 heteroatoms. The zero-order valence-electron chi connectivity index (χ0n) is 22.7. The lowest BCUT2D eigenvalue weighted by atomic mass is 9.93. The predicted molar refractivity (Wildman–Crippen MR) is 153 cm³/mol. The van der Waals surface area contributed by atoms with Crippen LogP contribution in [-0.2, 0) is 14.3 Å². The Bertz CT molecular complexity index is 1700. The molecule has 42 heavy (non-hydrogen) atoms. The first kappa shape index (κ1) is 26.2. The number of aryl methyl sites for hydroxylation is 1. The summed E-state index contributed by atoms with van der Waals surface area (Å²) in [5.74, 6) is -0.711. The van der Waals surface area contributed by atoms with Crippen molar-refractivity contribution >= 4 is 52.4 Å². The molecule has 0 radical (unpaired) electrons. The maximum absolute atomic E-state index is 15.8. The number of aromatic nitrogens is 2. The number of halogens is 2. The first-order valence-electron chi connectivity index (χ1n) is 13.7. The second-order valence-corrected chi connectivity index (χ2v) is 10.9. The first-order valence-corrected chi connectivity index (χ1v) is 13.7. The lowest BCUT2D eigenvalue weighted by molar-refractivity contribution is -0.133. The average Bonchev–Trinajstić information content (AvgIpc) is 3.62. The number of benzene rings is 2. The Kier molecular flexibility index (Phi) is 6.05. The smallest absolute Gasteiger partial charge is 0.247 e. The number of hydrogen-bond donors (Lipinski definition) is 2. The summed E-state index contributed by atoms with van der Waals surface area (Å²) in [6.07, 6.45) is 4.16. The quantitative estimate of drug-likeness (QED) is 0.415. The van der Waals surface area contributed by atoms with E-state index in [2.05, 4.69) is 10.3 Å². The molecule has 7 rings (SSSR count). The second-order valence-electron chi connectivity index (χ2n) is 10.9. The number of fused-ring (bicyclic) bond motifs is 3. The van der Waals surface area contributed by atoms with Gasteiger partial charge in [0.25, 0.3) is 0 Å². The highest BCUT2D eigenvalue weighted by Gasteiger charge is 2.57. The topological polar surface area (TPSA) is 126 Å². The minimum Gasteiger partial charge on any atom is -0.377 e. The van der Waals surface area contributed by atoms with E-state index in [1.54, 1.807) is 19.2 Å². The van der Waals surface area contributed by atoms with Crippen molar-refractivity contribution in [3.63, 3.8) is 0 Å². The fourth-order valence-electron chi connectivity index (χ4n) is 5.56. The van der Waals surface area contributed by atoms with E-state index in [4.69, 9.17) is 20.4 Å². The summed E-state index contributed by atoms with van der Waals surface area (Å²) in [5, 5.41) is 3.27. The molecule has 1 saturated heterocycles. The van der Waals surface area contributed by atoms with Crippen molar-refractivity contribution < 1.29 is 23.1 Å². The van der Waals surface area contributed by atoms with Gasteiger partial charge in [-0.15, -0.1) is 0 Å². The highest BCUT2D eigenvalue weighted by Crippen LogP contribution is 2.50. The van der Waals surface area contributed by atoms with Gasteiger partial charge in [0, 0.05) is 29.6 Å². The highest BCUT2D eigenvalue weighted by molar-refractivity contribution is 6.36. The molecule has 10 nitrogen and oxygen atoms in total. The molecule has 1 aromatic heterocycles. The van der Waals surface area contributed by atoms with Gasteiger partial charge in [0.05, 0.1) is 31.5 Å². The third-order valence-corrected chi connectivity index (χ3v) is 8.15. The van der Waals surface area contributed by atoms with Crippen LogP contribution in [0.25, 0.3) is 11.6 Å². The maximum Gasteiger partial charge on any atom is 0.247 e. The molecule has 4 aliphatic rings. The van der Waals surface area contributed by atoms with Crippen LogP contribution >= 0.6 is 0 Å². The highest BCUT2D eigenvalue weighted by atomic mass is 19.1. The predicted octanol–water partition coefficient (Wildman–Crippen LogP) is 3.58. The molecule has 1 saturated carbocycles. The van der Waals surface area contributed by atoms with E-state index in [1.165, 1.54) is 30.3 Å². The summed E-state index contributed by atoms with van der Waals surface area (Å²) in [6.45, 7) is 4.13. The normalized spacial score (nSPS) is 18.3. The summed E-state index contributed by atoms with van der Waals surface area (Å²) in [7, 11) is 0. The summed E-state index contributed by atoms with van der Waals surface area (Å²) in [5.41, 5.74) is 7.07. The summed E-state index contributed by atoms with van der Waals surface area (Å²) < 4.78 is 34.8. The lowest BCUT2D eigenvalue weighted by Crippen LogP contribution is -2.41. The number of hydrogen-bond acceptors (Lipinski definition) is 8. The Morgan fingerprint density at radius 2 is 1.93 bits per heavy atom. The van der Waals surface area contributed by atoms with Crippen molar-refractivity contribution in [1.29, 1.82) is 0 Å². The van der Waals surface area contributed by atoms with Crippen LogP contribution in [-0.4, -0.2) is 60.0 Å².